The normalized spacial score (nSPS) is 24.9. The first kappa shape index (κ1) is 23.9. The summed E-state index contributed by atoms with van der Waals surface area (Å²) in [6.07, 6.45) is 0. The number of carbonyl (C=O) groups excluding carboxylic acids is 1. The average Bonchev–Trinajstić information content (AvgIpc) is 3.28. The number of para-hydroxylation sites is 1. The predicted octanol–water partition coefficient (Wildman–Crippen LogP) is 5.79. The molecule has 0 radical (unpaired) electrons. The minimum absolute atomic E-state index is 0.150. The number of hydrogen-bond acceptors (Lipinski definition) is 5. The number of halogens is 3. The third-order valence-electron chi connectivity index (χ3n) is 6.70. The number of nitrogens with zero attached hydrogens (tertiary/aromatic N) is 1. The molecule has 2 aliphatic heterocycles. The van der Waals surface area contributed by atoms with E-state index in [1.807, 2.05) is 25.1 Å². The summed E-state index contributed by atoms with van der Waals surface area (Å²) in [6.45, 7) is 1.96. The fraction of sp³-hybridized carbons (Fsp3) is 0.240. The number of anilines is 1. The lowest BCUT2D eigenvalue weighted by Crippen LogP contribution is -2.54. The Hall–Kier alpha value is -2.84. The molecule has 4 atom stereocenters. The molecule has 10 heteroatoms. The summed E-state index contributed by atoms with van der Waals surface area (Å²) in [5.41, 5.74) is 0.908. The Labute approximate surface area is 216 Å². The van der Waals surface area contributed by atoms with E-state index in [1.165, 1.54) is 0 Å². The highest BCUT2D eigenvalue weighted by Crippen LogP contribution is 2.50. The second-order valence-electron chi connectivity index (χ2n) is 8.69. The molecule has 3 aromatic rings. The van der Waals surface area contributed by atoms with Crippen LogP contribution in [-0.2, 0) is 16.9 Å². The monoisotopic (exact) mass is 531 g/mol. The van der Waals surface area contributed by atoms with Gasteiger partial charge in [0.1, 0.15) is 6.61 Å². The topological polar surface area (TPSA) is 93.5 Å². The third-order valence-corrected chi connectivity index (χ3v) is 7.63. The van der Waals surface area contributed by atoms with Crippen LogP contribution in [0.25, 0.3) is 0 Å². The molecule has 5 rings (SSSR count). The summed E-state index contributed by atoms with van der Waals surface area (Å²) in [4.78, 5) is 25.2. The molecule has 1 amide bonds. The molecule has 2 N–H and O–H groups in total. The zero-order chi connectivity index (χ0) is 24.9. The van der Waals surface area contributed by atoms with Gasteiger partial charge in [-0.05, 0) is 36.8 Å². The van der Waals surface area contributed by atoms with Gasteiger partial charge < -0.3 is 10.1 Å². The summed E-state index contributed by atoms with van der Waals surface area (Å²) >= 11 is 19.3. The summed E-state index contributed by atoms with van der Waals surface area (Å²) in [5, 5.41) is 19.5. The van der Waals surface area contributed by atoms with Gasteiger partial charge in [-0.25, -0.2) is 0 Å². The van der Waals surface area contributed by atoms with Crippen LogP contribution in [-0.4, -0.2) is 22.9 Å². The Morgan fingerprint density at radius 3 is 2.37 bits per heavy atom. The van der Waals surface area contributed by atoms with Crippen molar-refractivity contribution in [2.24, 2.45) is 0 Å². The lowest BCUT2D eigenvalue weighted by Gasteiger charge is -2.25. The number of nitro groups is 1. The van der Waals surface area contributed by atoms with Gasteiger partial charge in [0, 0.05) is 32.8 Å². The average molecular weight is 533 g/mol. The molecule has 0 aromatic heterocycles. The second kappa shape index (κ2) is 8.99. The van der Waals surface area contributed by atoms with Crippen molar-refractivity contribution in [3.8, 4) is 5.75 Å². The predicted molar refractivity (Wildman–Crippen MR) is 135 cm³/mol. The molecule has 0 unspecified atom stereocenters. The maximum absolute atomic E-state index is 13.2. The zero-order valence-corrected chi connectivity index (χ0v) is 20.7. The van der Waals surface area contributed by atoms with Crippen molar-refractivity contribution in [1.82, 2.24) is 5.32 Å². The quantitative estimate of drug-likeness (QED) is 0.320. The third kappa shape index (κ3) is 3.83. The Morgan fingerprint density at radius 1 is 1.03 bits per heavy atom. The van der Waals surface area contributed by atoms with E-state index in [1.54, 1.807) is 42.5 Å². The van der Waals surface area contributed by atoms with Crippen LogP contribution < -0.4 is 15.4 Å². The first-order valence-electron chi connectivity index (χ1n) is 10.9. The van der Waals surface area contributed by atoms with E-state index < -0.39 is 34.4 Å². The summed E-state index contributed by atoms with van der Waals surface area (Å²) in [6, 6.07) is 15.8. The summed E-state index contributed by atoms with van der Waals surface area (Å²) in [7, 11) is 0. The maximum atomic E-state index is 13.2. The zero-order valence-electron chi connectivity index (χ0n) is 18.4. The largest absolute Gasteiger partial charge is 0.486 e. The molecule has 0 bridgehead atoms. The number of amides is 1. The van der Waals surface area contributed by atoms with E-state index in [9.17, 15) is 14.9 Å². The standard InChI is InChI=1S/C25H20Cl3N3O4/c1-13-21(23(31(33)34)25(30-13)16-7-3-5-9-20(16)29-24(25)32)15-10-18(27)22(19(28)11-15)35-12-14-6-2-4-8-17(14)26/h2-11,13,21,23,30H,12H2,1H3,(H,29,32)/t13-,21+,23-,25-/m0/s1. The minimum atomic E-state index is -1.51. The number of fused-ring (bicyclic) bond motifs is 2. The Morgan fingerprint density at radius 2 is 1.69 bits per heavy atom. The SMILES string of the molecule is C[C@@H]1N[C@]2(C(=O)Nc3ccccc32)[C@@H]([N+](=O)[O-])[C@H]1c1cc(Cl)c(OCc2ccccc2Cl)c(Cl)c1. The fourth-order valence-electron chi connectivity index (χ4n) is 5.23. The van der Waals surface area contributed by atoms with Crippen LogP contribution in [0.2, 0.25) is 15.1 Å². The highest BCUT2D eigenvalue weighted by molar-refractivity contribution is 6.37. The fourth-order valence-corrected chi connectivity index (χ4v) is 6.03. The second-order valence-corrected chi connectivity index (χ2v) is 9.91. The van der Waals surface area contributed by atoms with Crippen LogP contribution in [0.4, 0.5) is 5.69 Å². The van der Waals surface area contributed by atoms with E-state index in [-0.39, 0.29) is 22.4 Å². The summed E-state index contributed by atoms with van der Waals surface area (Å²) < 4.78 is 5.85. The molecular weight excluding hydrogens is 513 g/mol. The van der Waals surface area contributed by atoms with E-state index in [0.717, 1.165) is 5.56 Å². The van der Waals surface area contributed by atoms with E-state index >= 15 is 0 Å². The molecule has 3 aromatic carbocycles. The molecule has 1 fully saturated rings. The highest BCUT2D eigenvalue weighted by Gasteiger charge is 2.67. The van der Waals surface area contributed by atoms with Crippen molar-refractivity contribution < 1.29 is 14.5 Å². The first-order valence-corrected chi connectivity index (χ1v) is 12.0. The highest BCUT2D eigenvalue weighted by atomic mass is 35.5. The summed E-state index contributed by atoms with van der Waals surface area (Å²) in [5.74, 6) is -0.881. The lowest BCUT2D eigenvalue weighted by atomic mass is 9.78. The van der Waals surface area contributed by atoms with Gasteiger partial charge >= 0.3 is 0 Å². The number of hydrogen-bond donors (Lipinski definition) is 2. The van der Waals surface area contributed by atoms with Crippen LogP contribution in [0.1, 0.15) is 29.5 Å². The molecule has 2 aliphatic rings. The number of rotatable bonds is 5. The van der Waals surface area contributed by atoms with Gasteiger partial charge in [0.15, 0.2) is 11.3 Å². The Balaban J connectivity index is 1.52. The maximum Gasteiger partial charge on any atom is 0.256 e. The van der Waals surface area contributed by atoms with Gasteiger partial charge in [-0.1, -0.05) is 71.2 Å². The van der Waals surface area contributed by atoms with Crippen molar-refractivity contribution in [2.75, 3.05) is 5.32 Å². The number of carbonyl (C=O) groups is 1. The van der Waals surface area contributed by atoms with Crippen LogP contribution >= 0.6 is 34.8 Å². The molecular formula is C25H20Cl3N3O4. The van der Waals surface area contributed by atoms with Crippen molar-refractivity contribution in [2.45, 2.75) is 37.1 Å². The Kier molecular flexibility index (Phi) is 6.13. The van der Waals surface area contributed by atoms with Crippen LogP contribution in [0.5, 0.6) is 5.75 Å². The molecule has 0 aliphatic carbocycles. The van der Waals surface area contributed by atoms with E-state index in [0.29, 0.717) is 21.8 Å². The van der Waals surface area contributed by atoms with Gasteiger partial charge in [-0.3, -0.25) is 20.2 Å². The van der Waals surface area contributed by atoms with E-state index in [4.69, 9.17) is 39.5 Å². The number of ether oxygens (including phenoxy) is 1. The molecule has 2 heterocycles. The molecule has 0 saturated carbocycles. The van der Waals surface area contributed by atoms with Crippen molar-refractivity contribution in [3.63, 3.8) is 0 Å². The molecule has 180 valence electrons. The van der Waals surface area contributed by atoms with Crippen molar-refractivity contribution in [1.29, 1.82) is 0 Å². The van der Waals surface area contributed by atoms with Crippen molar-refractivity contribution >= 4 is 46.4 Å². The van der Waals surface area contributed by atoms with Gasteiger partial charge in [-0.15, -0.1) is 0 Å². The number of nitrogens with one attached hydrogen (secondary N) is 2. The number of benzene rings is 3. The first-order chi connectivity index (χ1) is 16.7. The van der Waals surface area contributed by atoms with Crippen LogP contribution in [0, 0.1) is 10.1 Å². The molecule has 7 nitrogen and oxygen atoms in total. The van der Waals surface area contributed by atoms with Gasteiger partial charge in [0.25, 0.3) is 11.9 Å². The van der Waals surface area contributed by atoms with Crippen LogP contribution in [0.3, 0.4) is 0 Å². The van der Waals surface area contributed by atoms with Gasteiger partial charge in [0.2, 0.25) is 0 Å². The molecule has 1 spiro atoms. The molecule has 1 saturated heterocycles. The molecule has 35 heavy (non-hydrogen) atoms. The van der Waals surface area contributed by atoms with Gasteiger partial charge in [0.05, 0.1) is 16.0 Å². The van der Waals surface area contributed by atoms with E-state index in [2.05, 4.69) is 10.6 Å². The van der Waals surface area contributed by atoms with Crippen LogP contribution in [0.15, 0.2) is 60.7 Å². The lowest BCUT2D eigenvalue weighted by molar-refractivity contribution is -0.532. The van der Waals surface area contributed by atoms with Gasteiger partial charge in [-0.2, -0.15) is 0 Å². The minimum Gasteiger partial charge on any atom is -0.486 e. The smallest absolute Gasteiger partial charge is 0.256 e. The van der Waals surface area contributed by atoms with Crippen molar-refractivity contribution in [3.05, 3.63) is 103 Å². The Bertz CT molecular complexity index is 1330.